The molecule has 1 aliphatic heterocycles. The topological polar surface area (TPSA) is 76.3 Å². The molecule has 1 aliphatic rings. The molecule has 0 aliphatic carbocycles. The van der Waals surface area contributed by atoms with Crippen molar-refractivity contribution in [2.24, 2.45) is 0 Å². The second kappa shape index (κ2) is 7.03. The van der Waals surface area contributed by atoms with Crippen molar-refractivity contribution in [1.82, 2.24) is 9.97 Å². The van der Waals surface area contributed by atoms with Crippen LogP contribution in [0.4, 0.5) is 18.9 Å². The number of alkyl halides is 3. The third-order valence-electron chi connectivity index (χ3n) is 4.45. The van der Waals surface area contributed by atoms with E-state index in [1.54, 1.807) is 12.1 Å². The first-order chi connectivity index (χ1) is 13.6. The molecule has 0 saturated heterocycles. The van der Waals surface area contributed by atoms with Gasteiger partial charge in [0, 0.05) is 11.8 Å². The van der Waals surface area contributed by atoms with E-state index in [0.29, 0.717) is 17.8 Å². The van der Waals surface area contributed by atoms with Gasteiger partial charge in [0.05, 0.1) is 23.7 Å². The predicted octanol–water partition coefficient (Wildman–Crippen LogP) is 4.30. The van der Waals surface area contributed by atoms with Gasteiger partial charge in [-0.1, -0.05) is 29.8 Å². The van der Waals surface area contributed by atoms with Crippen LogP contribution in [-0.4, -0.2) is 24.1 Å². The third-order valence-corrected chi connectivity index (χ3v) is 6.42. The van der Waals surface area contributed by atoms with Crippen LogP contribution in [0.5, 0.6) is 0 Å². The fraction of sp³-hybridized carbons (Fsp3) is 0.222. The van der Waals surface area contributed by atoms with E-state index in [2.05, 4.69) is 9.97 Å². The van der Waals surface area contributed by atoms with Gasteiger partial charge in [0.1, 0.15) is 0 Å². The molecule has 0 atom stereocenters. The maximum atomic E-state index is 12.7. The number of aromatic nitrogens is 2. The zero-order valence-electron chi connectivity index (χ0n) is 14.6. The monoisotopic (exact) mass is 443 g/mol. The summed E-state index contributed by atoms with van der Waals surface area (Å²) in [6.45, 7) is -0.00242. The molecule has 0 spiro atoms. The van der Waals surface area contributed by atoms with Gasteiger partial charge >= 0.3 is 12.1 Å². The molecule has 0 radical (unpaired) electrons. The van der Waals surface area contributed by atoms with Crippen LogP contribution < -0.4 is 4.31 Å². The van der Waals surface area contributed by atoms with E-state index < -0.39 is 27.2 Å². The van der Waals surface area contributed by atoms with Crippen molar-refractivity contribution in [3.05, 3.63) is 64.9 Å². The molecule has 0 amide bonds. The van der Waals surface area contributed by atoms with Crippen LogP contribution in [0, 0.1) is 0 Å². The number of hydrogen-bond donors (Lipinski definition) is 0. The maximum absolute atomic E-state index is 12.7. The Morgan fingerprint density at radius 1 is 1.17 bits per heavy atom. The van der Waals surface area contributed by atoms with Crippen LogP contribution in [0.2, 0.25) is 5.15 Å². The molecule has 3 aromatic rings. The number of oxazole rings is 1. The number of hydrogen-bond acceptors (Lipinski definition) is 5. The molecule has 4 rings (SSSR count). The van der Waals surface area contributed by atoms with Crippen molar-refractivity contribution in [3.8, 4) is 11.3 Å². The second-order valence-electron chi connectivity index (χ2n) is 6.38. The molecule has 0 bridgehead atoms. The van der Waals surface area contributed by atoms with Crippen molar-refractivity contribution < 1.29 is 26.0 Å². The summed E-state index contributed by atoms with van der Waals surface area (Å²) in [5.41, 5.74) is 2.13. The molecular weight excluding hydrogens is 431 g/mol. The van der Waals surface area contributed by atoms with E-state index in [-0.39, 0.29) is 23.6 Å². The molecular formula is C18H13ClF3N3O3S. The third kappa shape index (κ3) is 3.82. The number of benzene rings is 1. The summed E-state index contributed by atoms with van der Waals surface area (Å²) in [6.07, 6.45) is -3.05. The SMILES string of the molecule is O=S1(=O)CCc2ccccc2N1Cc1ccc(-c2oc(C(F)(F)F)nc2Cl)cn1. The zero-order valence-corrected chi connectivity index (χ0v) is 16.2. The van der Waals surface area contributed by atoms with Gasteiger partial charge in [-0.25, -0.2) is 8.42 Å². The lowest BCUT2D eigenvalue weighted by molar-refractivity contribution is -0.156. The predicted molar refractivity (Wildman–Crippen MR) is 99.9 cm³/mol. The average molecular weight is 444 g/mol. The second-order valence-corrected chi connectivity index (χ2v) is 8.75. The van der Waals surface area contributed by atoms with Gasteiger partial charge in [-0.2, -0.15) is 18.2 Å². The first kappa shape index (κ1) is 19.7. The van der Waals surface area contributed by atoms with Crippen LogP contribution in [0.1, 0.15) is 17.1 Å². The fourth-order valence-corrected chi connectivity index (χ4v) is 4.78. The number of rotatable bonds is 3. The van der Waals surface area contributed by atoms with Gasteiger partial charge < -0.3 is 4.42 Å². The minimum Gasteiger partial charge on any atom is -0.431 e. The Balaban J connectivity index is 1.62. The molecule has 3 heterocycles. The van der Waals surface area contributed by atoms with Crippen molar-refractivity contribution in [2.75, 3.05) is 10.1 Å². The van der Waals surface area contributed by atoms with Gasteiger partial charge in [0.2, 0.25) is 10.0 Å². The van der Waals surface area contributed by atoms with E-state index in [4.69, 9.17) is 16.0 Å². The maximum Gasteiger partial charge on any atom is 0.469 e. The fourth-order valence-electron chi connectivity index (χ4n) is 3.05. The quantitative estimate of drug-likeness (QED) is 0.603. The summed E-state index contributed by atoms with van der Waals surface area (Å²) in [5, 5.41) is -0.431. The Kier molecular flexibility index (Phi) is 4.78. The Bertz CT molecular complexity index is 1160. The van der Waals surface area contributed by atoms with Gasteiger partial charge in [-0.3, -0.25) is 9.29 Å². The summed E-state index contributed by atoms with van der Waals surface area (Å²) >= 11 is 5.75. The number of pyridine rings is 1. The van der Waals surface area contributed by atoms with E-state index in [1.165, 1.54) is 22.6 Å². The first-order valence-corrected chi connectivity index (χ1v) is 10.4. The minimum atomic E-state index is -4.76. The summed E-state index contributed by atoms with van der Waals surface area (Å²) in [4.78, 5) is 7.34. The highest BCUT2D eigenvalue weighted by Gasteiger charge is 2.38. The Morgan fingerprint density at radius 3 is 2.59 bits per heavy atom. The number of fused-ring (bicyclic) bond motifs is 1. The molecule has 152 valence electrons. The van der Waals surface area contributed by atoms with E-state index in [0.717, 1.165) is 5.56 Å². The van der Waals surface area contributed by atoms with Crippen molar-refractivity contribution in [3.63, 3.8) is 0 Å². The number of nitrogens with zero attached hydrogens (tertiary/aromatic N) is 3. The molecule has 0 fully saturated rings. The zero-order chi connectivity index (χ0) is 20.8. The molecule has 1 aromatic carbocycles. The minimum absolute atomic E-state index is 0.00242. The molecule has 0 unspecified atom stereocenters. The van der Waals surface area contributed by atoms with Crippen LogP contribution in [0.3, 0.4) is 0 Å². The van der Waals surface area contributed by atoms with Gasteiger partial charge in [-0.15, -0.1) is 0 Å². The standard InChI is InChI=1S/C18H13ClF3N3O3S/c19-16-15(28-17(24-16)18(20,21)22)12-5-6-13(23-9-12)10-25-14-4-2-1-3-11(14)7-8-29(25,26)27/h1-6,9H,7-8,10H2. The number of para-hydroxylation sites is 1. The van der Waals surface area contributed by atoms with Gasteiger partial charge in [-0.05, 0) is 30.2 Å². The van der Waals surface area contributed by atoms with Crippen LogP contribution >= 0.6 is 11.6 Å². The first-order valence-electron chi connectivity index (χ1n) is 8.42. The Labute approximate surface area is 169 Å². The van der Waals surface area contributed by atoms with Crippen molar-refractivity contribution >= 4 is 27.3 Å². The highest BCUT2D eigenvalue weighted by atomic mass is 35.5. The average Bonchev–Trinajstić information content (AvgIpc) is 3.07. The number of halogens is 4. The largest absolute Gasteiger partial charge is 0.469 e. The molecule has 6 nitrogen and oxygen atoms in total. The molecule has 29 heavy (non-hydrogen) atoms. The summed E-state index contributed by atoms with van der Waals surface area (Å²) in [5.74, 6) is -1.71. The normalized spacial score (nSPS) is 15.9. The molecule has 11 heteroatoms. The molecule has 0 N–H and O–H groups in total. The number of anilines is 1. The summed E-state index contributed by atoms with van der Waals surface area (Å²) in [6, 6.07) is 10.2. The Hall–Kier alpha value is -2.59. The van der Waals surface area contributed by atoms with E-state index >= 15 is 0 Å². The van der Waals surface area contributed by atoms with Crippen molar-refractivity contribution in [2.45, 2.75) is 19.1 Å². The summed E-state index contributed by atoms with van der Waals surface area (Å²) in [7, 11) is -3.50. The van der Waals surface area contributed by atoms with E-state index in [1.807, 2.05) is 12.1 Å². The highest BCUT2D eigenvalue weighted by molar-refractivity contribution is 7.92. The van der Waals surface area contributed by atoms with Crippen molar-refractivity contribution in [1.29, 1.82) is 0 Å². The highest BCUT2D eigenvalue weighted by Crippen LogP contribution is 2.36. The smallest absolute Gasteiger partial charge is 0.431 e. The van der Waals surface area contributed by atoms with Gasteiger partial charge in [0.15, 0.2) is 10.9 Å². The lowest BCUT2D eigenvalue weighted by atomic mass is 10.1. The summed E-state index contributed by atoms with van der Waals surface area (Å²) < 4.78 is 69.2. The number of sulfonamides is 1. The van der Waals surface area contributed by atoms with Crippen LogP contribution in [0.25, 0.3) is 11.3 Å². The van der Waals surface area contributed by atoms with Gasteiger partial charge in [0.25, 0.3) is 0 Å². The van der Waals surface area contributed by atoms with Crippen LogP contribution in [-0.2, 0) is 29.2 Å². The lowest BCUT2D eigenvalue weighted by Gasteiger charge is -2.30. The molecule has 0 saturated carbocycles. The lowest BCUT2D eigenvalue weighted by Crippen LogP contribution is -2.37. The Morgan fingerprint density at radius 2 is 1.93 bits per heavy atom. The number of aryl methyl sites for hydroxylation is 1. The van der Waals surface area contributed by atoms with E-state index in [9.17, 15) is 21.6 Å². The molecule has 2 aromatic heterocycles. The van der Waals surface area contributed by atoms with Crippen LogP contribution in [0.15, 0.2) is 47.0 Å².